The summed E-state index contributed by atoms with van der Waals surface area (Å²) >= 11 is 0. The van der Waals surface area contributed by atoms with Crippen molar-refractivity contribution in [1.29, 1.82) is 0 Å². The Morgan fingerprint density at radius 1 is 0.968 bits per heavy atom. The Morgan fingerprint density at radius 2 is 1.71 bits per heavy atom. The third kappa shape index (κ3) is 8.20. The van der Waals surface area contributed by atoms with E-state index >= 15 is 0 Å². The average Bonchev–Trinajstić information content (AvgIpc) is 3.06. The topological polar surface area (TPSA) is 69.7 Å². The molecule has 2 fully saturated rings. The fraction of sp³-hybridized carbons (Fsp3) is 0.708. The molecule has 31 heavy (non-hydrogen) atoms. The van der Waals surface area contributed by atoms with Crippen molar-refractivity contribution in [2.24, 2.45) is 5.92 Å². The van der Waals surface area contributed by atoms with Crippen LogP contribution in [0.1, 0.15) is 56.9 Å². The first kappa shape index (κ1) is 24.2. The van der Waals surface area contributed by atoms with E-state index in [4.69, 9.17) is 0 Å². The summed E-state index contributed by atoms with van der Waals surface area (Å²) in [5, 5.41) is 3.06. The second kappa shape index (κ2) is 12.6. The second-order valence-corrected chi connectivity index (χ2v) is 11.1. The Labute approximate surface area is 188 Å². The first-order valence-electron chi connectivity index (χ1n) is 12.1. The lowest BCUT2D eigenvalue weighted by molar-refractivity contribution is -0.126. The van der Waals surface area contributed by atoms with Crippen molar-refractivity contribution in [3.8, 4) is 0 Å². The molecular weight excluding hydrogens is 410 g/mol. The Kier molecular flexibility index (Phi) is 9.81. The van der Waals surface area contributed by atoms with Crippen LogP contribution in [0, 0.1) is 5.92 Å². The van der Waals surface area contributed by atoms with Gasteiger partial charge in [-0.25, -0.2) is 12.7 Å². The molecule has 1 unspecified atom stereocenters. The summed E-state index contributed by atoms with van der Waals surface area (Å²) in [6.07, 6.45) is 9.08. The largest absolute Gasteiger partial charge is 0.356 e. The van der Waals surface area contributed by atoms with Gasteiger partial charge in [0.15, 0.2) is 0 Å². The summed E-state index contributed by atoms with van der Waals surface area (Å²) in [4.78, 5) is 15.1. The van der Waals surface area contributed by atoms with Gasteiger partial charge in [-0.15, -0.1) is 0 Å². The van der Waals surface area contributed by atoms with E-state index in [9.17, 15) is 13.2 Å². The maximum atomic E-state index is 12.8. The minimum absolute atomic E-state index is 0.0139. The van der Waals surface area contributed by atoms with Crippen LogP contribution in [0.5, 0.6) is 0 Å². The highest BCUT2D eigenvalue weighted by Gasteiger charge is 2.31. The number of benzene rings is 1. The number of hydrogen-bond acceptors (Lipinski definition) is 4. The molecule has 0 aliphatic carbocycles. The maximum Gasteiger partial charge on any atom is 0.224 e. The molecule has 2 aliphatic heterocycles. The van der Waals surface area contributed by atoms with Crippen LogP contribution in [0.25, 0.3) is 0 Å². The summed E-state index contributed by atoms with van der Waals surface area (Å²) in [7, 11) is -3.32. The van der Waals surface area contributed by atoms with Gasteiger partial charge in [-0.2, -0.15) is 0 Å². The normalized spacial score (nSPS) is 21.5. The van der Waals surface area contributed by atoms with E-state index in [-0.39, 0.29) is 17.6 Å². The number of nitrogens with one attached hydrogen (secondary N) is 1. The van der Waals surface area contributed by atoms with E-state index in [1.807, 2.05) is 30.3 Å². The van der Waals surface area contributed by atoms with Crippen LogP contribution < -0.4 is 5.32 Å². The second-order valence-electron chi connectivity index (χ2n) is 9.00. The lowest BCUT2D eigenvalue weighted by atomic mass is 9.99. The molecule has 0 bridgehead atoms. The number of hydrogen-bond donors (Lipinski definition) is 1. The van der Waals surface area contributed by atoms with Crippen LogP contribution >= 0.6 is 0 Å². The Morgan fingerprint density at radius 3 is 2.45 bits per heavy atom. The number of aryl methyl sites for hydroxylation is 1. The molecule has 2 saturated heterocycles. The van der Waals surface area contributed by atoms with Crippen molar-refractivity contribution in [2.45, 2.75) is 57.8 Å². The highest BCUT2D eigenvalue weighted by atomic mass is 32.2. The first-order valence-corrected chi connectivity index (χ1v) is 13.7. The number of carbonyl (C=O) groups is 1. The van der Waals surface area contributed by atoms with E-state index in [0.717, 1.165) is 37.8 Å². The number of amides is 1. The molecule has 6 nitrogen and oxygen atoms in total. The van der Waals surface area contributed by atoms with Crippen LogP contribution in [0.2, 0.25) is 0 Å². The van der Waals surface area contributed by atoms with Gasteiger partial charge in [0, 0.05) is 19.6 Å². The smallest absolute Gasteiger partial charge is 0.224 e. The molecule has 2 aliphatic rings. The first-order chi connectivity index (χ1) is 15.0. The molecule has 2 heterocycles. The Bertz CT molecular complexity index is 762. The highest BCUT2D eigenvalue weighted by molar-refractivity contribution is 7.89. The van der Waals surface area contributed by atoms with Crippen molar-refractivity contribution in [1.82, 2.24) is 14.5 Å². The fourth-order valence-electron chi connectivity index (χ4n) is 4.66. The van der Waals surface area contributed by atoms with Crippen LogP contribution in [0.4, 0.5) is 0 Å². The monoisotopic (exact) mass is 449 g/mol. The maximum absolute atomic E-state index is 12.8. The Balaban J connectivity index is 1.37. The van der Waals surface area contributed by atoms with E-state index in [0.29, 0.717) is 26.1 Å². The molecular formula is C24H39N3O3S. The van der Waals surface area contributed by atoms with Gasteiger partial charge in [0.1, 0.15) is 0 Å². The molecule has 7 heteroatoms. The zero-order valence-electron chi connectivity index (χ0n) is 18.8. The van der Waals surface area contributed by atoms with Gasteiger partial charge in [-0.3, -0.25) is 4.79 Å². The lowest BCUT2D eigenvalue weighted by Crippen LogP contribution is -2.46. The Hall–Kier alpha value is -1.44. The number of sulfonamides is 1. The lowest BCUT2D eigenvalue weighted by Gasteiger charge is -2.31. The quantitative estimate of drug-likeness (QED) is 0.558. The van der Waals surface area contributed by atoms with Crippen LogP contribution in [0.3, 0.4) is 0 Å². The van der Waals surface area contributed by atoms with Crippen molar-refractivity contribution >= 4 is 15.9 Å². The van der Waals surface area contributed by atoms with Crippen molar-refractivity contribution < 1.29 is 13.2 Å². The molecule has 1 amide bonds. The molecule has 0 spiro atoms. The van der Waals surface area contributed by atoms with Crippen molar-refractivity contribution in [3.05, 3.63) is 35.9 Å². The number of carbonyl (C=O) groups excluding carboxylic acids is 1. The van der Waals surface area contributed by atoms with Gasteiger partial charge in [0.25, 0.3) is 0 Å². The predicted molar refractivity (Wildman–Crippen MR) is 125 cm³/mol. The van der Waals surface area contributed by atoms with E-state index in [1.165, 1.54) is 38.8 Å². The van der Waals surface area contributed by atoms with Gasteiger partial charge in [-0.1, -0.05) is 43.2 Å². The van der Waals surface area contributed by atoms with Gasteiger partial charge in [-0.05, 0) is 70.1 Å². The van der Waals surface area contributed by atoms with Gasteiger partial charge in [0.05, 0.1) is 11.7 Å². The zero-order valence-corrected chi connectivity index (χ0v) is 19.6. The molecule has 0 saturated carbocycles. The highest BCUT2D eigenvalue weighted by Crippen LogP contribution is 2.20. The SMILES string of the molecule is O=C(NCCCN1CCCCCC1)C1CCCN(S(=O)(=O)CCCc2ccccc2)C1. The predicted octanol–water partition coefficient (Wildman–Crippen LogP) is 3.04. The summed E-state index contributed by atoms with van der Waals surface area (Å²) in [6.45, 7) is 4.92. The van der Waals surface area contributed by atoms with Gasteiger partial charge < -0.3 is 10.2 Å². The third-order valence-corrected chi connectivity index (χ3v) is 8.43. The minimum atomic E-state index is -3.32. The number of rotatable bonds is 10. The van der Waals surface area contributed by atoms with Gasteiger partial charge >= 0.3 is 0 Å². The average molecular weight is 450 g/mol. The minimum Gasteiger partial charge on any atom is -0.356 e. The van der Waals surface area contributed by atoms with Gasteiger partial charge in [0.2, 0.25) is 15.9 Å². The van der Waals surface area contributed by atoms with E-state index in [2.05, 4.69) is 10.2 Å². The summed E-state index contributed by atoms with van der Waals surface area (Å²) in [6, 6.07) is 9.98. The summed E-state index contributed by atoms with van der Waals surface area (Å²) < 4.78 is 27.1. The summed E-state index contributed by atoms with van der Waals surface area (Å²) in [5.74, 6) is -0.0672. The number of piperidine rings is 1. The fourth-order valence-corrected chi connectivity index (χ4v) is 6.24. The molecule has 1 aromatic rings. The summed E-state index contributed by atoms with van der Waals surface area (Å²) in [5.41, 5.74) is 1.16. The van der Waals surface area contributed by atoms with E-state index < -0.39 is 10.0 Å². The van der Waals surface area contributed by atoms with Crippen molar-refractivity contribution in [2.75, 3.05) is 45.0 Å². The number of nitrogens with zero attached hydrogens (tertiary/aromatic N) is 2. The van der Waals surface area contributed by atoms with Crippen LogP contribution in [0.15, 0.2) is 30.3 Å². The van der Waals surface area contributed by atoms with E-state index in [1.54, 1.807) is 4.31 Å². The zero-order chi connectivity index (χ0) is 21.9. The molecule has 0 aromatic heterocycles. The number of likely N-dealkylation sites (tertiary alicyclic amines) is 1. The van der Waals surface area contributed by atoms with Crippen LogP contribution in [-0.2, 0) is 21.2 Å². The third-order valence-electron chi connectivity index (χ3n) is 6.51. The van der Waals surface area contributed by atoms with Crippen LogP contribution in [-0.4, -0.2) is 68.6 Å². The molecule has 0 radical (unpaired) electrons. The molecule has 1 atom stereocenters. The molecule has 1 aromatic carbocycles. The molecule has 174 valence electrons. The molecule has 1 N–H and O–H groups in total. The molecule has 3 rings (SSSR count). The van der Waals surface area contributed by atoms with Crippen molar-refractivity contribution in [3.63, 3.8) is 0 Å². The standard InChI is InChI=1S/C24H39N3O3S/c28-24(25-15-10-18-26-16-6-1-2-7-17-26)23-14-8-19-27(21-23)31(29,30)20-9-13-22-11-4-3-5-12-22/h3-5,11-12,23H,1-2,6-10,13-21H2,(H,25,28).